The summed E-state index contributed by atoms with van der Waals surface area (Å²) in [7, 11) is 0. The molecule has 1 aromatic carbocycles. The van der Waals surface area contributed by atoms with Gasteiger partial charge in [-0.05, 0) is 37.8 Å². The van der Waals surface area contributed by atoms with Gasteiger partial charge in [0.1, 0.15) is 17.3 Å². The zero-order chi connectivity index (χ0) is 15.4. The van der Waals surface area contributed by atoms with Crippen LogP contribution in [-0.4, -0.2) is 18.5 Å². The smallest absolute Gasteiger partial charge is 0.251 e. The van der Waals surface area contributed by atoms with E-state index < -0.39 is 17.5 Å². The first kappa shape index (κ1) is 15.7. The number of rotatable bonds is 7. The van der Waals surface area contributed by atoms with E-state index in [0.717, 1.165) is 25.0 Å². The number of hydrogen-bond donors (Lipinski definition) is 2. The second-order valence-corrected chi connectivity index (χ2v) is 5.60. The third-order valence-corrected chi connectivity index (χ3v) is 3.80. The van der Waals surface area contributed by atoms with Gasteiger partial charge in [0.25, 0.3) is 5.91 Å². The highest BCUT2D eigenvalue weighted by Gasteiger charge is 2.26. The molecule has 0 saturated heterocycles. The Morgan fingerprint density at radius 1 is 1.29 bits per heavy atom. The van der Waals surface area contributed by atoms with Gasteiger partial charge < -0.3 is 10.6 Å². The van der Waals surface area contributed by atoms with E-state index in [4.69, 9.17) is 0 Å². The van der Waals surface area contributed by atoms with E-state index in [1.807, 2.05) is 6.92 Å². The molecular formula is C16H22F2N2O. The monoisotopic (exact) mass is 296 g/mol. The molecule has 5 heteroatoms. The number of carbonyl (C=O) groups excluding carboxylic acids is 1. The summed E-state index contributed by atoms with van der Waals surface area (Å²) in [6.45, 7) is 4.17. The normalized spacial score (nSPS) is 15.6. The quantitative estimate of drug-likeness (QED) is 0.805. The number of benzene rings is 1. The van der Waals surface area contributed by atoms with E-state index in [1.54, 1.807) is 6.92 Å². The van der Waals surface area contributed by atoms with Crippen molar-refractivity contribution < 1.29 is 13.6 Å². The highest BCUT2D eigenvalue weighted by molar-refractivity contribution is 5.94. The van der Waals surface area contributed by atoms with Crippen molar-refractivity contribution in [2.45, 2.75) is 45.6 Å². The molecule has 0 heterocycles. The Bertz CT molecular complexity index is 492. The largest absolute Gasteiger partial charge is 0.381 e. The lowest BCUT2D eigenvalue weighted by Crippen LogP contribution is -2.34. The van der Waals surface area contributed by atoms with Crippen LogP contribution in [0.4, 0.5) is 14.5 Å². The summed E-state index contributed by atoms with van der Waals surface area (Å²) in [4.78, 5) is 12.1. The second kappa shape index (κ2) is 6.87. The molecule has 21 heavy (non-hydrogen) atoms. The predicted octanol–water partition coefficient (Wildman–Crippen LogP) is 3.71. The number of amides is 1. The fourth-order valence-electron chi connectivity index (χ4n) is 2.40. The number of carbonyl (C=O) groups is 1. The van der Waals surface area contributed by atoms with Crippen LogP contribution in [0.2, 0.25) is 0 Å². The Morgan fingerprint density at radius 3 is 2.38 bits per heavy atom. The molecule has 2 N–H and O–H groups in total. The van der Waals surface area contributed by atoms with Crippen molar-refractivity contribution in [2.24, 2.45) is 5.92 Å². The molecule has 0 radical (unpaired) electrons. The number of nitrogens with one attached hydrogen (secondary N) is 2. The van der Waals surface area contributed by atoms with Crippen LogP contribution in [0, 0.1) is 17.6 Å². The Balaban J connectivity index is 2.07. The van der Waals surface area contributed by atoms with Crippen molar-refractivity contribution >= 4 is 11.6 Å². The molecular weight excluding hydrogens is 274 g/mol. The summed E-state index contributed by atoms with van der Waals surface area (Å²) >= 11 is 0. The summed E-state index contributed by atoms with van der Waals surface area (Å²) in [6.07, 6.45) is 4.20. The molecule has 0 aromatic heterocycles. The standard InChI is InChI=1S/C16H22F2N2O/c1-3-12(7-10-5-6-10)20-16(21)11-8-13(17)15(19-4-2)14(18)9-11/h8-10,12,19H,3-7H2,1-2H3,(H,20,21). The number of anilines is 1. The maximum absolute atomic E-state index is 13.8. The van der Waals surface area contributed by atoms with Gasteiger partial charge in [0.2, 0.25) is 0 Å². The van der Waals surface area contributed by atoms with Crippen molar-refractivity contribution in [1.82, 2.24) is 5.32 Å². The van der Waals surface area contributed by atoms with E-state index in [1.165, 1.54) is 12.8 Å². The van der Waals surface area contributed by atoms with Gasteiger partial charge in [0.15, 0.2) is 0 Å². The Kier molecular flexibility index (Phi) is 5.15. The lowest BCUT2D eigenvalue weighted by atomic mass is 10.1. The first-order valence-corrected chi connectivity index (χ1v) is 7.58. The van der Waals surface area contributed by atoms with E-state index in [2.05, 4.69) is 10.6 Å². The van der Waals surface area contributed by atoms with E-state index in [-0.39, 0.29) is 17.3 Å². The minimum absolute atomic E-state index is 0.0286. The molecule has 0 aliphatic heterocycles. The van der Waals surface area contributed by atoms with Gasteiger partial charge in [-0.25, -0.2) is 8.78 Å². The Hall–Kier alpha value is -1.65. The molecule has 3 nitrogen and oxygen atoms in total. The third-order valence-electron chi connectivity index (χ3n) is 3.80. The molecule has 116 valence electrons. The van der Waals surface area contributed by atoms with Crippen molar-refractivity contribution in [1.29, 1.82) is 0 Å². The SMILES string of the molecule is CCNc1c(F)cc(C(=O)NC(CC)CC2CC2)cc1F. The lowest BCUT2D eigenvalue weighted by Gasteiger charge is -2.17. The fraction of sp³-hybridized carbons (Fsp3) is 0.562. The van der Waals surface area contributed by atoms with Crippen LogP contribution in [0.15, 0.2) is 12.1 Å². The first-order valence-electron chi connectivity index (χ1n) is 7.58. The molecule has 1 unspecified atom stereocenters. The van der Waals surface area contributed by atoms with Gasteiger partial charge in [0.05, 0.1) is 0 Å². The van der Waals surface area contributed by atoms with Crippen LogP contribution in [-0.2, 0) is 0 Å². The fourth-order valence-corrected chi connectivity index (χ4v) is 2.40. The van der Waals surface area contributed by atoms with Gasteiger partial charge in [-0.15, -0.1) is 0 Å². The Labute approximate surface area is 124 Å². The molecule has 1 aliphatic rings. The van der Waals surface area contributed by atoms with Gasteiger partial charge >= 0.3 is 0 Å². The molecule has 0 spiro atoms. The lowest BCUT2D eigenvalue weighted by molar-refractivity contribution is 0.0932. The topological polar surface area (TPSA) is 41.1 Å². The van der Waals surface area contributed by atoms with E-state index in [0.29, 0.717) is 12.5 Å². The predicted molar refractivity (Wildman–Crippen MR) is 79.4 cm³/mol. The van der Waals surface area contributed by atoms with E-state index >= 15 is 0 Å². The minimum atomic E-state index is -0.739. The van der Waals surface area contributed by atoms with Crippen molar-refractivity contribution in [3.05, 3.63) is 29.3 Å². The average molecular weight is 296 g/mol. The molecule has 1 saturated carbocycles. The molecule has 1 atom stereocenters. The third kappa shape index (κ3) is 4.16. The number of halogens is 2. The maximum Gasteiger partial charge on any atom is 0.251 e. The maximum atomic E-state index is 13.8. The summed E-state index contributed by atoms with van der Waals surface area (Å²) < 4.78 is 27.6. The van der Waals surface area contributed by atoms with Crippen molar-refractivity contribution in [2.75, 3.05) is 11.9 Å². The van der Waals surface area contributed by atoms with Crippen LogP contribution in [0.25, 0.3) is 0 Å². The van der Waals surface area contributed by atoms with Crippen molar-refractivity contribution in [3.63, 3.8) is 0 Å². The summed E-state index contributed by atoms with van der Waals surface area (Å²) in [6, 6.07) is 2.24. The molecule has 1 amide bonds. The van der Waals surface area contributed by atoms with Gasteiger partial charge in [-0.2, -0.15) is 0 Å². The minimum Gasteiger partial charge on any atom is -0.381 e. The number of hydrogen-bond acceptors (Lipinski definition) is 2. The van der Waals surface area contributed by atoms with Gasteiger partial charge in [-0.1, -0.05) is 19.8 Å². The highest BCUT2D eigenvalue weighted by atomic mass is 19.1. The van der Waals surface area contributed by atoms with Crippen molar-refractivity contribution in [3.8, 4) is 0 Å². The summed E-state index contributed by atoms with van der Waals surface area (Å²) in [5.41, 5.74) is -0.153. The van der Waals surface area contributed by atoms with Crippen LogP contribution >= 0.6 is 0 Å². The van der Waals surface area contributed by atoms with Gasteiger partial charge in [0, 0.05) is 18.2 Å². The second-order valence-electron chi connectivity index (χ2n) is 5.60. The summed E-state index contributed by atoms with van der Waals surface area (Å²) in [5, 5.41) is 5.48. The first-order chi connectivity index (χ1) is 10.0. The molecule has 0 bridgehead atoms. The van der Waals surface area contributed by atoms with Gasteiger partial charge in [-0.3, -0.25) is 4.79 Å². The van der Waals surface area contributed by atoms with Crippen LogP contribution in [0.5, 0.6) is 0 Å². The average Bonchev–Trinajstić information content (AvgIpc) is 3.25. The van der Waals surface area contributed by atoms with Crippen LogP contribution < -0.4 is 10.6 Å². The Morgan fingerprint density at radius 2 is 1.90 bits per heavy atom. The van der Waals surface area contributed by atoms with Crippen LogP contribution in [0.1, 0.15) is 49.9 Å². The molecule has 1 aliphatic carbocycles. The van der Waals surface area contributed by atoms with Crippen LogP contribution in [0.3, 0.4) is 0 Å². The zero-order valence-electron chi connectivity index (χ0n) is 12.5. The van der Waals surface area contributed by atoms with E-state index in [9.17, 15) is 13.6 Å². The summed E-state index contributed by atoms with van der Waals surface area (Å²) in [5.74, 6) is -1.20. The molecule has 1 fully saturated rings. The zero-order valence-corrected chi connectivity index (χ0v) is 12.5. The highest BCUT2D eigenvalue weighted by Crippen LogP contribution is 2.34. The molecule has 1 aromatic rings. The molecule has 2 rings (SSSR count).